The van der Waals surface area contributed by atoms with E-state index in [-0.39, 0.29) is 38.0 Å². The van der Waals surface area contributed by atoms with E-state index in [9.17, 15) is 14.4 Å². The normalized spacial score (nSPS) is 18.1. The zero-order valence-electron chi connectivity index (χ0n) is 16.8. The molecule has 2 aliphatic heterocycles. The van der Waals surface area contributed by atoms with E-state index >= 15 is 0 Å². The van der Waals surface area contributed by atoms with Crippen LogP contribution in [0.5, 0.6) is 11.5 Å². The number of methoxy groups -OCH3 is 1. The number of carbonyl (C=O) groups is 3. The molecule has 0 bridgehead atoms. The minimum atomic E-state index is -0.591. The predicted octanol–water partition coefficient (Wildman–Crippen LogP) is 2.84. The number of esters is 1. The Morgan fingerprint density at radius 2 is 1.94 bits per heavy atom. The van der Waals surface area contributed by atoms with E-state index in [1.807, 2.05) is 0 Å². The molecule has 9 heteroatoms. The minimum absolute atomic E-state index is 0.0313. The number of fused-ring (bicyclic) bond motifs is 1. The third kappa shape index (κ3) is 4.59. The number of amides is 2. The smallest absolute Gasteiger partial charge is 0.307 e. The summed E-state index contributed by atoms with van der Waals surface area (Å²) in [5.74, 6) is -0.275. The average molecular weight is 445 g/mol. The number of nitrogens with one attached hydrogen (secondary N) is 1. The highest BCUT2D eigenvalue weighted by atomic mass is 35.5. The maximum atomic E-state index is 13.0. The van der Waals surface area contributed by atoms with Crippen molar-refractivity contribution >= 4 is 35.1 Å². The van der Waals surface area contributed by atoms with E-state index in [1.165, 1.54) is 7.11 Å². The van der Waals surface area contributed by atoms with Crippen molar-refractivity contribution in [3.63, 3.8) is 0 Å². The SMILES string of the molecule is COC(=O)CC(NC(=O)C1CC(=O)N(c2ccc3c(c2)OCO3)C1)c1ccc(Cl)cc1. The van der Waals surface area contributed by atoms with Gasteiger partial charge in [-0.1, -0.05) is 23.7 Å². The maximum Gasteiger partial charge on any atom is 0.307 e. The van der Waals surface area contributed by atoms with Gasteiger partial charge in [-0.15, -0.1) is 0 Å². The van der Waals surface area contributed by atoms with E-state index in [2.05, 4.69) is 5.32 Å². The molecule has 0 aromatic heterocycles. The van der Waals surface area contributed by atoms with Crippen molar-refractivity contribution in [2.75, 3.05) is 25.3 Å². The van der Waals surface area contributed by atoms with Gasteiger partial charge < -0.3 is 24.4 Å². The molecule has 2 amide bonds. The van der Waals surface area contributed by atoms with Crippen molar-refractivity contribution in [2.45, 2.75) is 18.9 Å². The van der Waals surface area contributed by atoms with E-state index in [0.717, 1.165) is 5.56 Å². The number of nitrogens with zero attached hydrogens (tertiary/aromatic N) is 1. The first-order chi connectivity index (χ1) is 14.9. The van der Waals surface area contributed by atoms with Gasteiger partial charge in [-0.25, -0.2) is 0 Å². The van der Waals surface area contributed by atoms with Gasteiger partial charge in [0.1, 0.15) is 0 Å². The molecule has 2 atom stereocenters. The van der Waals surface area contributed by atoms with Gasteiger partial charge in [0.05, 0.1) is 25.5 Å². The summed E-state index contributed by atoms with van der Waals surface area (Å²) in [6, 6.07) is 11.5. The van der Waals surface area contributed by atoms with Crippen LogP contribution >= 0.6 is 11.6 Å². The van der Waals surface area contributed by atoms with Crippen molar-refractivity contribution in [3.05, 3.63) is 53.1 Å². The lowest BCUT2D eigenvalue weighted by Gasteiger charge is -2.21. The first-order valence-electron chi connectivity index (χ1n) is 9.77. The second kappa shape index (κ2) is 8.85. The van der Waals surface area contributed by atoms with E-state index < -0.39 is 17.9 Å². The summed E-state index contributed by atoms with van der Waals surface area (Å²) in [7, 11) is 1.29. The number of ether oxygens (including phenoxy) is 3. The number of rotatable bonds is 6. The first kappa shape index (κ1) is 21.0. The van der Waals surface area contributed by atoms with E-state index in [0.29, 0.717) is 22.2 Å². The molecule has 2 aromatic carbocycles. The molecule has 2 aliphatic rings. The summed E-state index contributed by atoms with van der Waals surface area (Å²) < 4.78 is 15.4. The molecule has 2 aromatic rings. The number of hydrogen-bond donors (Lipinski definition) is 1. The van der Waals surface area contributed by atoms with Crippen molar-refractivity contribution in [1.82, 2.24) is 5.32 Å². The standard InChI is InChI=1S/C22H21ClN2O6/c1-29-21(27)10-17(13-2-4-15(23)5-3-13)24-22(28)14-8-20(26)25(11-14)16-6-7-18-19(9-16)31-12-30-18/h2-7,9,14,17H,8,10-12H2,1H3,(H,24,28). The first-order valence-corrected chi connectivity index (χ1v) is 10.1. The van der Waals surface area contributed by atoms with Crippen LogP contribution in [0, 0.1) is 5.92 Å². The van der Waals surface area contributed by atoms with Gasteiger partial charge in [0.15, 0.2) is 11.5 Å². The zero-order valence-corrected chi connectivity index (χ0v) is 17.6. The van der Waals surface area contributed by atoms with E-state index in [1.54, 1.807) is 47.4 Å². The van der Waals surface area contributed by atoms with Gasteiger partial charge in [-0.05, 0) is 29.8 Å². The van der Waals surface area contributed by atoms with Crippen molar-refractivity contribution in [3.8, 4) is 11.5 Å². The monoisotopic (exact) mass is 444 g/mol. The summed E-state index contributed by atoms with van der Waals surface area (Å²) in [6.45, 7) is 0.375. The fourth-order valence-electron chi connectivity index (χ4n) is 3.67. The van der Waals surface area contributed by atoms with Gasteiger partial charge in [0.25, 0.3) is 0 Å². The molecule has 0 saturated carbocycles. The Balaban J connectivity index is 1.47. The predicted molar refractivity (Wildman–Crippen MR) is 112 cm³/mol. The third-order valence-electron chi connectivity index (χ3n) is 5.35. The maximum absolute atomic E-state index is 13.0. The molecule has 8 nitrogen and oxygen atoms in total. The third-order valence-corrected chi connectivity index (χ3v) is 5.60. The summed E-state index contributed by atoms with van der Waals surface area (Å²) >= 11 is 5.95. The molecule has 1 saturated heterocycles. The number of benzene rings is 2. The molecule has 162 valence electrons. The molecule has 4 rings (SSSR count). The Labute approximate surface area is 184 Å². The van der Waals surface area contributed by atoms with Crippen molar-refractivity contribution in [2.24, 2.45) is 5.92 Å². The molecule has 0 aliphatic carbocycles. The lowest BCUT2D eigenvalue weighted by Crippen LogP contribution is -2.36. The molecule has 0 radical (unpaired) electrons. The van der Waals surface area contributed by atoms with Gasteiger partial charge in [0.2, 0.25) is 18.6 Å². The van der Waals surface area contributed by atoms with Crippen LogP contribution in [0.4, 0.5) is 5.69 Å². The average Bonchev–Trinajstić information content (AvgIpc) is 3.39. The molecule has 2 heterocycles. The quantitative estimate of drug-likeness (QED) is 0.688. The molecule has 31 heavy (non-hydrogen) atoms. The molecule has 1 N–H and O–H groups in total. The fourth-order valence-corrected chi connectivity index (χ4v) is 3.80. The Morgan fingerprint density at radius 3 is 2.68 bits per heavy atom. The van der Waals surface area contributed by atoms with Gasteiger partial charge in [-0.3, -0.25) is 14.4 Å². The molecule has 0 spiro atoms. The van der Waals surface area contributed by atoms with Crippen molar-refractivity contribution < 1.29 is 28.6 Å². The zero-order chi connectivity index (χ0) is 22.0. The fraction of sp³-hybridized carbons (Fsp3) is 0.318. The highest BCUT2D eigenvalue weighted by molar-refractivity contribution is 6.30. The number of halogens is 1. The van der Waals surface area contributed by atoms with Crippen LogP contribution < -0.4 is 19.7 Å². The Kier molecular flexibility index (Phi) is 5.99. The number of anilines is 1. The van der Waals surface area contributed by atoms with Crippen LogP contribution in [0.2, 0.25) is 5.02 Å². The van der Waals surface area contributed by atoms with Crippen LogP contribution in [0.1, 0.15) is 24.4 Å². The Hall–Kier alpha value is -3.26. The van der Waals surface area contributed by atoms with Crippen LogP contribution in [0.15, 0.2) is 42.5 Å². The topological polar surface area (TPSA) is 94.2 Å². The van der Waals surface area contributed by atoms with Crippen LogP contribution in [0.25, 0.3) is 0 Å². The Bertz CT molecular complexity index is 1010. The lowest BCUT2D eigenvalue weighted by atomic mass is 10.0. The highest BCUT2D eigenvalue weighted by Gasteiger charge is 2.36. The summed E-state index contributed by atoms with van der Waals surface area (Å²) in [6.07, 6.45) is 0.0439. The second-order valence-electron chi connectivity index (χ2n) is 7.34. The molecule has 2 unspecified atom stereocenters. The van der Waals surface area contributed by atoms with Crippen LogP contribution in [-0.4, -0.2) is 38.2 Å². The lowest BCUT2D eigenvalue weighted by molar-refractivity contribution is -0.141. The largest absolute Gasteiger partial charge is 0.469 e. The molecule has 1 fully saturated rings. The molecular formula is C22H21ClN2O6. The molecular weight excluding hydrogens is 424 g/mol. The van der Waals surface area contributed by atoms with Gasteiger partial charge in [0, 0.05) is 29.7 Å². The summed E-state index contributed by atoms with van der Waals surface area (Å²) in [4.78, 5) is 39.0. The van der Waals surface area contributed by atoms with Crippen molar-refractivity contribution in [1.29, 1.82) is 0 Å². The Morgan fingerprint density at radius 1 is 1.19 bits per heavy atom. The second-order valence-corrected chi connectivity index (χ2v) is 7.77. The highest BCUT2D eigenvalue weighted by Crippen LogP contribution is 2.37. The van der Waals surface area contributed by atoms with Crippen LogP contribution in [-0.2, 0) is 19.1 Å². The summed E-state index contributed by atoms with van der Waals surface area (Å²) in [5, 5.41) is 3.44. The van der Waals surface area contributed by atoms with E-state index in [4.69, 9.17) is 25.8 Å². The number of hydrogen-bond acceptors (Lipinski definition) is 6. The van der Waals surface area contributed by atoms with Gasteiger partial charge in [-0.2, -0.15) is 0 Å². The number of carbonyl (C=O) groups excluding carboxylic acids is 3. The van der Waals surface area contributed by atoms with Crippen LogP contribution in [0.3, 0.4) is 0 Å². The van der Waals surface area contributed by atoms with Gasteiger partial charge >= 0.3 is 5.97 Å². The summed E-state index contributed by atoms with van der Waals surface area (Å²) in [5.41, 5.74) is 1.37. The minimum Gasteiger partial charge on any atom is -0.469 e.